The smallest absolute Gasteiger partial charge is 0.0675 e. The summed E-state index contributed by atoms with van der Waals surface area (Å²) in [5, 5.41) is 2.62. The average Bonchev–Trinajstić information content (AvgIpc) is 3.10. The number of rotatable bonds is 7. The van der Waals surface area contributed by atoms with Crippen LogP contribution in [0.25, 0.3) is 21.8 Å². The summed E-state index contributed by atoms with van der Waals surface area (Å²) in [5.41, 5.74) is 6.34. The summed E-state index contributed by atoms with van der Waals surface area (Å²) in [6, 6.07) is 15.7. The largest absolute Gasteiger partial charge is 0.342 e. The highest BCUT2D eigenvalue weighted by Gasteiger charge is 2.27. The molecule has 0 unspecified atom stereocenters. The lowest BCUT2D eigenvalue weighted by molar-refractivity contribution is 0.160. The lowest BCUT2D eigenvalue weighted by Crippen LogP contribution is -2.33. The molecule has 4 aromatic rings. The van der Waals surface area contributed by atoms with Gasteiger partial charge in [0.25, 0.3) is 0 Å². The highest BCUT2D eigenvalue weighted by molar-refractivity contribution is 6.07. The molecule has 4 heteroatoms. The van der Waals surface area contributed by atoms with Gasteiger partial charge in [-0.15, -0.1) is 0 Å². The predicted molar refractivity (Wildman–Crippen MR) is 128 cm³/mol. The number of unbranched alkanes of at least 4 members (excludes halogenated alkanes) is 2. The van der Waals surface area contributed by atoms with Crippen molar-refractivity contribution in [3.05, 3.63) is 71.8 Å². The van der Waals surface area contributed by atoms with E-state index in [9.17, 15) is 0 Å². The maximum Gasteiger partial charge on any atom is 0.0675 e. The molecule has 3 aromatic heterocycles. The summed E-state index contributed by atoms with van der Waals surface area (Å²) >= 11 is 0. The molecule has 1 aromatic carbocycles. The SMILES string of the molecule is CCCCCN(Cc1cc2c3ccccc3n(C)c2cn1)[C@@H]1CCCc2cccnc21. The monoisotopic (exact) mass is 412 g/mol. The molecular weight excluding hydrogens is 380 g/mol. The number of pyridine rings is 2. The Kier molecular flexibility index (Phi) is 5.73. The number of benzene rings is 1. The van der Waals surface area contributed by atoms with Gasteiger partial charge in [-0.2, -0.15) is 0 Å². The molecule has 31 heavy (non-hydrogen) atoms. The second-order valence-electron chi connectivity index (χ2n) is 8.90. The third-order valence-electron chi connectivity index (χ3n) is 6.88. The fourth-order valence-corrected chi connectivity index (χ4v) is 5.24. The molecule has 0 saturated heterocycles. The van der Waals surface area contributed by atoms with E-state index in [1.807, 2.05) is 6.20 Å². The van der Waals surface area contributed by atoms with Gasteiger partial charge in [-0.05, 0) is 56.0 Å². The predicted octanol–water partition coefficient (Wildman–Crippen LogP) is 6.19. The molecule has 0 fully saturated rings. The Hall–Kier alpha value is -2.72. The number of fused-ring (bicyclic) bond motifs is 4. The number of hydrogen-bond donors (Lipinski definition) is 0. The minimum absolute atomic E-state index is 0.395. The summed E-state index contributed by atoms with van der Waals surface area (Å²) in [5.74, 6) is 0. The van der Waals surface area contributed by atoms with Crippen LogP contribution in [0.4, 0.5) is 0 Å². The van der Waals surface area contributed by atoms with Crippen molar-refractivity contribution in [2.75, 3.05) is 6.54 Å². The second kappa shape index (κ2) is 8.80. The van der Waals surface area contributed by atoms with E-state index in [1.54, 1.807) is 0 Å². The first-order chi connectivity index (χ1) is 15.3. The van der Waals surface area contributed by atoms with E-state index in [1.165, 1.54) is 65.2 Å². The standard InChI is InChI=1S/C27H32N4/c1-3-4-7-16-31(25-14-8-10-20-11-9-15-28-27(20)25)19-21-17-23-22-12-5-6-13-24(22)30(2)26(23)18-29-21/h5-6,9,11-13,15,17-18,25H,3-4,7-8,10,14,16,19H2,1-2H3/t25-/m1/s1. The van der Waals surface area contributed by atoms with Crippen LogP contribution >= 0.6 is 0 Å². The summed E-state index contributed by atoms with van der Waals surface area (Å²) < 4.78 is 2.25. The molecule has 1 aliphatic carbocycles. The zero-order valence-corrected chi connectivity index (χ0v) is 18.7. The molecule has 1 aliphatic rings. The lowest BCUT2D eigenvalue weighted by atomic mass is 9.90. The Morgan fingerprint density at radius 3 is 2.84 bits per heavy atom. The minimum atomic E-state index is 0.395. The molecule has 0 aliphatic heterocycles. The molecule has 160 valence electrons. The van der Waals surface area contributed by atoms with E-state index < -0.39 is 0 Å². The van der Waals surface area contributed by atoms with Crippen molar-refractivity contribution in [3.63, 3.8) is 0 Å². The molecule has 1 atom stereocenters. The number of aryl methyl sites for hydroxylation is 2. The van der Waals surface area contributed by atoms with Crippen LogP contribution in [0, 0.1) is 0 Å². The summed E-state index contributed by atoms with van der Waals surface area (Å²) in [6.07, 6.45) is 11.3. The van der Waals surface area contributed by atoms with Gasteiger partial charge >= 0.3 is 0 Å². The van der Waals surface area contributed by atoms with Crippen molar-refractivity contribution in [2.24, 2.45) is 7.05 Å². The van der Waals surface area contributed by atoms with Crippen LogP contribution in [0.15, 0.2) is 54.9 Å². The van der Waals surface area contributed by atoms with E-state index in [2.05, 4.69) is 72.1 Å². The van der Waals surface area contributed by atoms with Crippen molar-refractivity contribution >= 4 is 21.8 Å². The first-order valence-electron chi connectivity index (χ1n) is 11.8. The van der Waals surface area contributed by atoms with Crippen molar-refractivity contribution in [2.45, 2.75) is 58.0 Å². The molecule has 4 nitrogen and oxygen atoms in total. The molecule has 0 spiro atoms. The van der Waals surface area contributed by atoms with Gasteiger partial charge in [0.1, 0.15) is 0 Å². The number of para-hydroxylation sites is 1. The van der Waals surface area contributed by atoms with Crippen LogP contribution in [0.1, 0.15) is 62.0 Å². The van der Waals surface area contributed by atoms with Crippen molar-refractivity contribution in [1.82, 2.24) is 19.4 Å². The zero-order valence-electron chi connectivity index (χ0n) is 18.7. The normalized spacial score (nSPS) is 16.3. The van der Waals surface area contributed by atoms with Gasteiger partial charge in [-0.3, -0.25) is 14.9 Å². The van der Waals surface area contributed by atoms with Crippen LogP contribution in [0.2, 0.25) is 0 Å². The van der Waals surface area contributed by atoms with Crippen molar-refractivity contribution in [3.8, 4) is 0 Å². The van der Waals surface area contributed by atoms with Crippen LogP contribution in [-0.4, -0.2) is 26.0 Å². The van der Waals surface area contributed by atoms with Crippen LogP contribution in [0.3, 0.4) is 0 Å². The van der Waals surface area contributed by atoms with E-state index in [4.69, 9.17) is 9.97 Å². The van der Waals surface area contributed by atoms with Crippen LogP contribution in [0.5, 0.6) is 0 Å². The third kappa shape index (κ3) is 3.85. The fraction of sp³-hybridized carbons (Fsp3) is 0.407. The second-order valence-corrected chi connectivity index (χ2v) is 8.90. The fourth-order valence-electron chi connectivity index (χ4n) is 5.24. The molecule has 0 saturated carbocycles. The summed E-state index contributed by atoms with van der Waals surface area (Å²) in [7, 11) is 2.13. The zero-order chi connectivity index (χ0) is 21.2. The molecular formula is C27H32N4. The van der Waals surface area contributed by atoms with E-state index in [0.717, 1.165) is 25.2 Å². The number of nitrogens with zero attached hydrogens (tertiary/aromatic N) is 4. The molecule has 0 amide bonds. The summed E-state index contributed by atoms with van der Waals surface area (Å²) in [6.45, 7) is 4.26. The van der Waals surface area contributed by atoms with Crippen LogP contribution in [-0.2, 0) is 20.0 Å². The van der Waals surface area contributed by atoms with Gasteiger partial charge in [-0.1, -0.05) is 44.0 Å². The first kappa shape index (κ1) is 20.2. The first-order valence-corrected chi connectivity index (χ1v) is 11.8. The Labute approximate surface area is 184 Å². The van der Waals surface area contributed by atoms with Crippen LogP contribution < -0.4 is 0 Å². The Bertz CT molecular complexity index is 1190. The van der Waals surface area contributed by atoms with Gasteiger partial charge in [-0.25, -0.2) is 0 Å². The Morgan fingerprint density at radius 2 is 1.94 bits per heavy atom. The van der Waals surface area contributed by atoms with Crippen molar-refractivity contribution in [1.29, 1.82) is 0 Å². The number of hydrogen-bond acceptors (Lipinski definition) is 3. The van der Waals surface area contributed by atoms with Gasteiger partial charge in [0.05, 0.1) is 29.1 Å². The average molecular weight is 413 g/mol. The quantitative estimate of drug-likeness (QED) is 0.339. The highest BCUT2D eigenvalue weighted by atomic mass is 15.2. The lowest BCUT2D eigenvalue weighted by Gasteiger charge is -2.35. The Balaban J connectivity index is 1.49. The molecule has 0 radical (unpaired) electrons. The van der Waals surface area contributed by atoms with E-state index >= 15 is 0 Å². The third-order valence-corrected chi connectivity index (χ3v) is 6.88. The number of aromatic nitrogens is 3. The molecule has 0 bridgehead atoms. The Morgan fingerprint density at radius 1 is 1.03 bits per heavy atom. The highest BCUT2D eigenvalue weighted by Crippen LogP contribution is 2.34. The van der Waals surface area contributed by atoms with E-state index in [-0.39, 0.29) is 0 Å². The van der Waals surface area contributed by atoms with E-state index in [0.29, 0.717) is 6.04 Å². The summed E-state index contributed by atoms with van der Waals surface area (Å²) in [4.78, 5) is 12.4. The molecule has 3 heterocycles. The van der Waals surface area contributed by atoms with Gasteiger partial charge in [0.2, 0.25) is 0 Å². The maximum atomic E-state index is 4.90. The van der Waals surface area contributed by atoms with Gasteiger partial charge in [0, 0.05) is 36.1 Å². The van der Waals surface area contributed by atoms with Crippen molar-refractivity contribution < 1.29 is 0 Å². The molecule has 0 N–H and O–H groups in total. The van der Waals surface area contributed by atoms with Gasteiger partial charge in [0.15, 0.2) is 0 Å². The maximum absolute atomic E-state index is 4.90. The van der Waals surface area contributed by atoms with Gasteiger partial charge < -0.3 is 4.57 Å². The topological polar surface area (TPSA) is 34.0 Å². The molecule has 5 rings (SSSR count). The minimum Gasteiger partial charge on any atom is -0.342 e.